The summed E-state index contributed by atoms with van der Waals surface area (Å²) in [6, 6.07) is 0.587. The zero-order chi connectivity index (χ0) is 25.9. The fourth-order valence-corrected chi connectivity index (χ4v) is 6.77. The van der Waals surface area contributed by atoms with E-state index < -0.39 is 5.79 Å². The zero-order valence-corrected chi connectivity index (χ0v) is 23.1. The molecule has 1 aromatic carbocycles. The largest absolute Gasteiger partial charge is 0.448 e. The molecule has 2 heterocycles. The summed E-state index contributed by atoms with van der Waals surface area (Å²) in [4.78, 5) is 30.4. The van der Waals surface area contributed by atoms with Crippen molar-refractivity contribution in [3.05, 3.63) is 44.5 Å². The number of hydrogen-bond donors (Lipinski definition) is 0. The molecule has 1 unspecified atom stereocenters. The average molecular weight is 513 g/mol. The maximum Gasteiger partial charge on any atom is 0.256 e. The van der Waals surface area contributed by atoms with Gasteiger partial charge in [0, 0.05) is 44.0 Å². The first-order valence-corrected chi connectivity index (χ1v) is 13.5. The fourth-order valence-electron chi connectivity index (χ4n) is 6.45. The first-order chi connectivity index (χ1) is 17.0. The highest BCUT2D eigenvalue weighted by Gasteiger charge is 2.48. The van der Waals surface area contributed by atoms with Crippen LogP contribution in [0, 0.1) is 12.8 Å². The van der Waals surface area contributed by atoms with Crippen LogP contribution in [0.1, 0.15) is 74.4 Å². The molecule has 2 aliphatic carbocycles. The van der Waals surface area contributed by atoms with E-state index in [1.165, 1.54) is 0 Å². The zero-order valence-electron chi connectivity index (χ0n) is 22.3. The molecule has 0 N–H and O–H groups in total. The highest BCUT2D eigenvalue weighted by Crippen LogP contribution is 2.54. The number of allylic oxidation sites excluding steroid dienone is 3. The molecule has 0 saturated heterocycles. The predicted molar refractivity (Wildman–Crippen MR) is 141 cm³/mol. The van der Waals surface area contributed by atoms with E-state index in [1.807, 2.05) is 33.8 Å². The molecule has 0 radical (unpaired) electrons. The van der Waals surface area contributed by atoms with E-state index in [4.69, 9.17) is 21.1 Å². The molecule has 0 aromatic heterocycles. The topological polar surface area (TPSA) is 59.1 Å². The number of Topliss-reactive ketones (excluding diaryl/α,β-unsaturated/α-hetero) is 1. The molecule has 1 saturated carbocycles. The lowest BCUT2D eigenvalue weighted by Gasteiger charge is -2.39. The minimum Gasteiger partial charge on any atom is -0.448 e. The Morgan fingerprint density at radius 3 is 2.39 bits per heavy atom. The Labute approximate surface area is 219 Å². The van der Waals surface area contributed by atoms with Crippen LogP contribution >= 0.6 is 11.6 Å². The van der Waals surface area contributed by atoms with E-state index in [1.54, 1.807) is 4.90 Å². The maximum absolute atomic E-state index is 13.7. The van der Waals surface area contributed by atoms with E-state index >= 15 is 0 Å². The Morgan fingerprint density at radius 2 is 1.75 bits per heavy atom. The van der Waals surface area contributed by atoms with E-state index in [0.29, 0.717) is 59.6 Å². The summed E-state index contributed by atoms with van der Waals surface area (Å²) < 4.78 is 13.0. The van der Waals surface area contributed by atoms with Crippen molar-refractivity contribution in [1.82, 2.24) is 9.80 Å². The third-order valence-corrected chi connectivity index (χ3v) is 9.06. The van der Waals surface area contributed by atoms with Crippen molar-refractivity contribution in [1.29, 1.82) is 0 Å². The van der Waals surface area contributed by atoms with Crippen LogP contribution in [0.5, 0.6) is 11.5 Å². The predicted octanol–water partition coefficient (Wildman–Crippen LogP) is 5.49. The van der Waals surface area contributed by atoms with E-state index in [0.717, 1.165) is 48.0 Å². The molecule has 1 aromatic rings. The van der Waals surface area contributed by atoms with Crippen LogP contribution < -0.4 is 9.47 Å². The van der Waals surface area contributed by atoms with Gasteiger partial charge in [0.15, 0.2) is 17.3 Å². The van der Waals surface area contributed by atoms with Crippen LogP contribution in [0.3, 0.4) is 0 Å². The smallest absolute Gasteiger partial charge is 0.256 e. The summed E-state index contributed by atoms with van der Waals surface area (Å²) in [5.74, 6) is 0.585. The number of benzene rings is 1. The highest BCUT2D eigenvalue weighted by atomic mass is 35.5. The lowest BCUT2D eigenvalue weighted by Crippen LogP contribution is -2.46. The Bertz CT molecular complexity index is 1190. The molecule has 194 valence electrons. The lowest BCUT2D eigenvalue weighted by molar-refractivity contribution is -0.123. The van der Waals surface area contributed by atoms with Crippen molar-refractivity contribution >= 4 is 23.3 Å². The Hall–Kier alpha value is -2.31. The minimum atomic E-state index is -0.790. The van der Waals surface area contributed by atoms with E-state index in [9.17, 15) is 9.59 Å². The number of fused-ring (bicyclic) bond motifs is 2. The third-order valence-electron chi connectivity index (χ3n) is 8.69. The first kappa shape index (κ1) is 25.3. The number of ketones is 1. The Balaban J connectivity index is 1.41. The van der Waals surface area contributed by atoms with Crippen LogP contribution in [0.25, 0.3) is 0 Å². The van der Waals surface area contributed by atoms with Gasteiger partial charge in [-0.3, -0.25) is 9.59 Å². The number of nitrogens with zero attached hydrogens (tertiary/aromatic N) is 2. The van der Waals surface area contributed by atoms with Gasteiger partial charge in [0.1, 0.15) is 0 Å². The molecule has 2 aliphatic heterocycles. The molecule has 1 amide bonds. The lowest BCUT2D eigenvalue weighted by atomic mass is 9.81. The standard InChI is InChI=1S/C29H37ClN2O4/c1-16-13-17(2)22(23(33)14-16)15-32-12-11-21-18(3)26-27(25(30)24(21)28(32)34)36-29(4,35-26)19-7-9-20(10-8-19)31(5)6/h13,19-20H,7-12,14-15H2,1-6H3. The summed E-state index contributed by atoms with van der Waals surface area (Å²) in [5, 5.41) is 0.336. The molecule has 7 heteroatoms. The number of rotatable bonds is 4. The maximum atomic E-state index is 13.7. The van der Waals surface area contributed by atoms with Crippen LogP contribution in [-0.4, -0.2) is 60.5 Å². The van der Waals surface area contributed by atoms with Crippen molar-refractivity contribution in [2.24, 2.45) is 5.92 Å². The van der Waals surface area contributed by atoms with Crippen molar-refractivity contribution < 1.29 is 19.1 Å². The van der Waals surface area contributed by atoms with Gasteiger partial charge in [-0.05, 0) is 83.7 Å². The quantitative estimate of drug-likeness (QED) is 0.534. The van der Waals surface area contributed by atoms with Crippen LogP contribution in [0.4, 0.5) is 0 Å². The third kappa shape index (κ3) is 4.16. The van der Waals surface area contributed by atoms with Crippen LogP contribution in [0.15, 0.2) is 22.8 Å². The molecule has 0 bridgehead atoms. The van der Waals surface area contributed by atoms with Gasteiger partial charge in [-0.2, -0.15) is 0 Å². The molecule has 5 rings (SSSR count). The van der Waals surface area contributed by atoms with Gasteiger partial charge < -0.3 is 19.3 Å². The molecule has 6 nitrogen and oxygen atoms in total. The van der Waals surface area contributed by atoms with E-state index in [-0.39, 0.29) is 17.6 Å². The first-order valence-electron chi connectivity index (χ1n) is 13.1. The number of amides is 1. The number of hydrogen-bond acceptors (Lipinski definition) is 5. The Morgan fingerprint density at radius 1 is 1.08 bits per heavy atom. The van der Waals surface area contributed by atoms with Crippen molar-refractivity contribution in [2.75, 3.05) is 27.2 Å². The summed E-state index contributed by atoms with van der Waals surface area (Å²) in [6.45, 7) is 8.77. The van der Waals surface area contributed by atoms with Gasteiger partial charge in [0.25, 0.3) is 11.7 Å². The Kier molecular flexibility index (Phi) is 6.49. The summed E-state index contributed by atoms with van der Waals surface area (Å²) in [5.41, 5.74) is 5.08. The number of ether oxygens (including phenoxy) is 2. The minimum absolute atomic E-state index is 0.0961. The summed E-state index contributed by atoms with van der Waals surface area (Å²) >= 11 is 6.91. The van der Waals surface area contributed by atoms with Gasteiger partial charge in [-0.15, -0.1) is 0 Å². The fraction of sp³-hybridized carbons (Fsp3) is 0.586. The summed E-state index contributed by atoms with van der Waals surface area (Å²) in [7, 11) is 4.28. The second kappa shape index (κ2) is 9.21. The second-order valence-electron chi connectivity index (χ2n) is 11.4. The number of carbonyl (C=O) groups excluding carboxylic acids is 2. The van der Waals surface area contributed by atoms with Gasteiger partial charge >= 0.3 is 0 Å². The van der Waals surface area contributed by atoms with Crippen molar-refractivity contribution in [2.45, 2.75) is 78.0 Å². The number of halogens is 1. The molecule has 36 heavy (non-hydrogen) atoms. The summed E-state index contributed by atoms with van der Waals surface area (Å²) in [6.07, 6.45) is 7.38. The van der Waals surface area contributed by atoms with Gasteiger partial charge in [-0.25, -0.2) is 0 Å². The second-order valence-corrected chi connectivity index (χ2v) is 11.7. The average Bonchev–Trinajstić information content (AvgIpc) is 3.20. The van der Waals surface area contributed by atoms with Gasteiger partial charge in [0.05, 0.1) is 10.6 Å². The highest BCUT2D eigenvalue weighted by molar-refractivity contribution is 6.36. The molecule has 1 atom stereocenters. The van der Waals surface area contributed by atoms with Gasteiger partial charge in [-0.1, -0.05) is 23.3 Å². The molecule has 4 aliphatic rings. The van der Waals surface area contributed by atoms with Crippen molar-refractivity contribution in [3.8, 4) is 11.5 Å². The molecule has 0 spiro atoms. The van der Waals surface area contributed by atoms with Crippen LogP contribution in [-0.2, 0) is 11.2 Å². The van der Waals surface area contributed by atoms with Crippen LogP contribution in [0.2, 0.25) is 5.02 Å². The molecular formula is C29H37ClN2O4. The van der Waals surface area contributed by atoms with Crippen molar-refractivity contribution in [3.63, 3.8) is 0 Å². The molecule has 1 fully saturated rings. The van der Waals surface area contributed by atoms with Gasteiger partial charge in [0.2, 0.25) is 0 Å². The number of carbonyl (C=O) groups is 2. The normalized spacial score (nSPS) is 28.1. The monoisotopic (exact) mass is 512 g/mol. The van der Waals surface area contributed by atoms with E-state index in [2.05, 4.69) is 19.0 Å². The molecular weight excluding hydrogens is 476 g/mol. The SMILES string of the molecule is CC1=CC(C)=C(CN2CCc3c(C)c4c(c(Cl)c3C2=O)OC(C)(C2CCC(N(C)C)CC2)O4)C(=O)C1.